The van der Waals surface area contributed by atoms with Crippen LogP contribution in [0.5, 0.6) is 5.75 Å². The number of halogens is 2. The lowest BCUT2D eigenvalue weighted by Crippen LogP contribution is -2.23. The first-order valence-electron chi connectivity index (χ1n) is 8.98. The van der Waals surface area contributed by atoms with Crippen LogP contribution in [0, 0.1) is 5.82 Å². The summed E-state index contributed by atoms with van der Waals surface area (Å²) in [4.78, 5) is 0. The van der Waals surface area contributed by atoms with Gasteiger partial charge in [-0.05, 0) is 67.5 Å². The Balaban J connectivity index is 1.79. The molecule has 1 fully saturated rings. The molecule has 0 aliphatic carbocycles. The molecule has 1 aliphatic heterocycles. The van der Waals surface area contributed by atoms with Gasteiger partial charge in [-0.2, -0.15) is 0 Å². The third kappa shape index (κ3) is 4.56. The van der Waals surface area contributed by atoms with Crippen LogP contribution in [0.25, 0.3) is 0 Å². The Kier molecular flexibility index (Phi) is 6.52. The average molecular weight is 379 g/mol. The van der Waals surface area contributed by atoms with Crippen LogP contribution in [0.4, 0.5) is 4.39 Å². The topological polar surface area (TPSA) is 27.7 Å². The van der Waals surface area contributed by atoms with Crippen LogP contribution >= 0.6 is 11.6 Å². The Morgan fingerprint density at radius 3 is 2.77 bits per heavy atom. The molecule has 1 aliphatic rings. The molecule has 2 unspecified atom stereocenters. The Bertz CT molecular complexity index is 750. The van der Waals surface area contributed by atoms with Gasteiger partial charge in [0.1, 0.15) is 0 Å². The summed E-state index contributed by atoms with van der Waals surface area (Å²) in [6, 6.07) is 11.0. The molecule has 0 bridgehead atoms. The van der Waals surface area contributed by atoms with Crippen molar-refractivity contribution < 1.29 is 18.6 Å². The molecule has 2 aromatic rings. The SMILES string of the molecule is CCOc1ccc(Cc2cc(C3CCCC(OC)O3)ccc2Cl)cc1F. The smallest absolute Gasteiger partial charge is 0.165 e. The van der Waals surface area contributed by atoms with Gasteiger partial charge in [-0.3, -0.25) is 0 Å². The molecule has 1 saturated heterocycles. The fraction of sp³-hybridized carbons (Fsp3) is 0.429. The lowest BCUT2D eigenvalue weighted by atomic mass is 9.96. The summed E-state index contributed by atoms with van der Waals surface area (Å²) in [5.74, 6) is -0.0764. The number of hydrogen-bond donors (Lipinski definition) is 0. The fourth-order valence-corrected chi connectivity index (χ4v) is 3.47. The van der Waals surface area contributed by atoms with Crippen molar-refractivity contribution in [3.05, 3.63) is 63.9 Å². The number of ether oxygens (including phenoxy) is 3. The van der Waals surface area contributed by atoms with Gasteiger partial charge in [0.15, 0.2) is 17.9 Å². The molecule has 1 heterocycles. The largest absolute Gasteiger partial charge is 0.491 e. The summed E-state index contributed by atoms with van der Waals surface area (Å²) < 4.78 is 30.7. The molecule has 3 nitrogen and oxygen atoms in total. The van der Waals surface area contributed by atoms with E-state index >= 15 is 0 Å². The van der Waals surface area contributed by atoms with E-state index in [2.05, 4.69) is 6.07 Å². The van der Waals surface area contributed by atoms with Crippen LogP contribution in [-0.2, 0) is 15.9 Å². The summed E-state index contributed by atoms with van der Waals surface area (Å²) in [6.07, 6.45) is 3.33. The minimum Gasteiger partial charge on any atom is -0.491 e. The van der Waals surface area contributed by atoms with Crippen molar-refractivity contribution in [2.75, 3.05) is 13.7 Å². The van der Waals surface area contributed by atoms with Gasteiger partial charge >= 0.3 is 0 Å². The monoisotopic (exact) mass is 378 g/mol. The van der Waals surface area contributed by atoms with E-state index in [0.717, 1.165) is 36.0 Å². The molecular weight excluding hydrogens is 355 g/mol. The van der Waals surface area contributed by atoms with Gasteiger partial charge in [-0.25, -0.2) is 4.39 Å². The second-order valence-corrected chi connectivity index (χ2v) is 6.85. The third-order valence-electron chi connectivity index (χ3n) is 4.62. The zero-order valence-electron chi connectivity index (χ0n) is 15.1. The van der Waals surface area contributed by atoms with E-state index in [9.17, 15) is 4.39 Å². The molecule has 2 atom stereocenters. The molecule has 0 radical (unpaired) electrons. The first-order chi connectivity index (χ1) is 12.6. The molecule has 5 heteroatoms. The van der Waals surface area contributed by atoms with E-state index in [4.69, 9.17) is 25.8 Å². The highest BCUT2D eigenvalue weighted by atomic mass is 35.5. The first-order valence-corrected chi connectivity index (χ1v) is 9.36. The molecule has 0 saturated carbocycles. The number of methoxy groups -OCH3 is 1. The Morgan fingerprint density at radius 2 is 2.04 bits per heavy atom. The van der Waals surface area contributed by atoms with Gasteiger partial charge in [0, 0.05) is 12.1 Å². The molecule has 26 heavy (non-hydrogen) atoms. The first kappa shape index (κ1) is 19.2. The molecule has 0 amide bonds. The highest BCUT2D eigenvalue weighted by molar-refractivity contribution is 6.31. The Hall–Kier alpha value is -1.62. The second-order valence-electron chi connectivity index (χ2n) is 6.45. The Morgan fingerprint density at radius 1 is 1.19 bits per heavy atom. The lowest BCUT2D eigenvalue weighted by molar-refractivity contribution is -0.182. The highest BCUT2D eigenvalue weighted by Gasteiger charge is 2.24. The van der Waals surface area contributed by atoms with Crippen LogP contribution in [0.15, 0.2) is 36.4 Å². The van der Waals surface area contributed by atoms with Crippen molar-refractivity contribution in [3.63, 3.8) is 0 Å². The van der Waals surface area contributed by atoms with Crippen molar-refractivity contribution in [1.82, 2.24) is 0 Å². The summed E-state index contributed by atoms with van der Waals surface area (Å²) in [5, 5.41) is 0.669. The van der Waals surface area contributed by atoms with Gasteiger partial charge < -0.3 is 14.2 Å². The van der Waals surface area contributed by atoms with Crippen molar-refractivity contribution in [3.8, 4) is 5.75 Å². The van der Waals surface area contributed by atoms with Crippen molar-refractivity contribution in [2.45, 2.75) is 45.0 Å². The zero-order chi connectivity index (χ0) is 18.5. The molecule has 140 valence electrons. The number of rotatable bonds is 6. The van der Waals surface area contributed by atoms with Gasteiger partial charge in [-0.15, -0.1) is 0 Å². The molecule has 0 N–H and O–H groups in total. The minimum atomic E-state index is -0.352. The maximum absolute atomic E-state index is 14.1. The van der Waals surface area contributed by atoms with Crippen molar-refractivity contribution in [2.24, 2.45) is 0 Å². The van der Waals surface area contributed by atoms with Gasteiger partial charge in [0.2, 0.25) is 0 Å². The van der Waals surface area contributed by atoms with E-state index in [-0.39, 0.29) is 24.0 Å². The van der Waals surface area contributed by atoms with E-state index in [1.165, 1.54) is 6.07 Å². The van der Waals surface area contributed by atoms with Gasteiger partial charge in [-0.1, -0.05) is 29.8 Å². The zero-order valence-corrected chi connectivity index (χ0v) is 15.9. The standard InChI is InChI=1S/C21H24ClFO3/c1-3-25-20-10-7-14(12-18(20)23)11-16-13-15(8-9-17(16)22)19-5-4-6-21(24-2)26-19/h7-10,12-13,19,21H,3-6,11H2,1-2H3. The van der Waals surface area contributed by atoms with Crippen LogP contribution < -0.4 is 4.74 Å². The van der Waals surface area contributed by atoms with Crippen LogP contribution in [0.3, 0.4) is 0 Å². The minimum absolute atomic E-state index is 0.00165. The summed E-state index contributed by atoms with van der Waals surface area (Å²) >= 11 is 6.38. The maximum atomic E-state index is 14.1. The fourth-order valence-electron chi connectivity index (χ4n) is 3.29. The lowest BCUT2D eigenvalue weighted by Gasteiger charge is -2.29. The van der Waals surface area contributed by atoms with Gasteiger partial charge in [0.25, 0.3) is 0 Å². The molecule has 0 aromatic heterocycles. The molecular formula is C21H24ClFO3. The van der Waals surface area contributed by atoms with E-state index in [1.54, 1.807) is 13.2 Å². The Labute approximate surface area is 159 Å². The summed E-state index contributed by atoms with van der Waals surface area (Å²) in [6.45, 7) is 2.27. The number of hydrogen-bond acceptors (Lipinski definition) is 3. The van der Waals surface area contributed by atoms with Gasteiger partial charge in [0.05, 0.1) is 12.7 Å². The highest BCUT2D eigenvalue weighted by Crippen LogP contribution is 2.34. The molecule has 3 rings (SSSR count). The van der Waals surface area contributed by atoms with Crippen molar-refractivity contribution in [1.29, 1.82) is 0 Å². The average Bonchev–Trinajstić information content (AvgIpc) is 2.66. The number of benzene rings is 2. The van der Waals surface area contributed by atoms with E-state index < -0.39 is 0 Å². The third-order valence-corrected chi connectivity index (χ3v) is 4.99. The molecule has 0 spiro atoms. The second kappa shape index (κ2) is 8.85. The van der Waals surface area contributed by atoms with Crippen LogP contribution in [0.2, 0.25) is 5.02 Å². The van der Waals surface area contributed by atoms with Crippen LogP contribution in [0.1, 0.15) is 49.0 Å². The summed E-state index contributed by atoms with van der Waals surface area (Å²) in [5.41, 5.74) is 2.89. The molecule has 2 aromatic carbocycles. The quantitative estimate of drug-likeness (QED) is 0.647. The predicted octanol–water partition coefficient (Wildman–Crippen LogP) is 5.68. The van der Waals surface area contributed by atoms with Crippen molar-refractivity contribution >= 4 is 11.6 Å². The normalized spacial score (nSPS) is 20.2. The van der Waals surface area contributed by atoms with E-state index in [0.29, 0.717) is 18.1 Å². The van der Waals surface area contributed by atoms with Crippen LogP contribution in [-0.4, -0.2) is 20.0 Å². The summed E-state index contributed by atoms with van der Waals surface area (Å²) in [7, 11) is 1.67. The predicted molar refractivity (Wildman–Crippen MR) is 100 cm³/mol. The maximum Gasteiger partial charge on any atom is 0.165 e. The van der Waals surface area contributed by atoms with E-state index in [1.807, 2.05) is 25.1 Å².